The Hall–Kier alpha value is -2.68. The first-order chi connectivity index (χ1) is 13.7. The first kappa shape index (κ1) is 21.0. The van der Waals surface area contributed by atoms with Crippen molar-refractivity contribution in [3.63, 3.8) is 0 Å². The molecule has 2 aromatic rings. The van der Waals surface area contributed by atoms with Crippen LogP contribution < -0.4 is 5.32 Å². The summed E-state index contributed by atoms with van der Waals surface area (Å²) >= 11 is 3.23. The smallest absolute Gasteiger partial charge is 0.338 e. The highest BCUT2D eigenvalue weighted by Gasteiger charge is 2.33. The Bertz CT molecular complexity index is 1030. The molecule has 0 saturated heterocycles. The molecule has 29 heavy (non-hydrogen) atoms. The van der Waals surface area contributed by atoms with E-state index in [9.17, 15) is 22.4 Å². The molecule has 1 heterocycles. The summed E-state index contributed by atoms with van der Waals surface area (Å²) in [6.45, 7) is 3.25. The molecule has 3 rings (SSSR count). The predicted octanol–water partition coefficient (Wildman–Crippen LogP) is 4.93. The molecule has 1 aliphatic heterocycles. The van der Waals surface area contributed by atoms with Crippen LogP contribution in [0.3, 0.4) is 0 Å². The summed E-state index contributed by atoms with van der Waals surface area (Å²) < 4.78 is 60.8. The van der Waals surface area contributed by atoms with E-state index in [-0.39, 0.29) is 23.7 Å². The molecule has 4 nitrogen and oxygen atoms in total. The average molecular weight is 471 g/mol. The number of carbonyl (C=O) groups excluding carboxylic acids is 1. The third-order valence-electron chi connectivity index (χ3n) is 4.24. The fraction of sp³-hybridized carbons (Fsp3) is 0.200. The minimum absolute atomic E-state index is 0.102. The molecule has 1 atom stereocenters. The van der Waals surface area contributed by atoms with E-state index in [1.165, 1.54) is 25.1 Å². The van der Waals surface area contributed by atoms with Crippen molar-refractivity contribution in [3.05, 3.63) is 80.5 Å². The lowest BCUT2D eigenvalue weighted by Crippen LogP contribution is -2.34. The zero-order valence-electron chi connectivity index (χ0n) is 15.3. The van der Waals surface area contributed by atoms with Crippen molar-refractivity contribution >= 4 is 27.7 Å². The van der Waals surface area contributed by atoms with Gasteiger partial charge in [-0.3, -0.25) is 4.99 Å². The quantitative estimate of drug-likeness (QED) is 0.508. The Morgan fingerprint density at radius 3 is 2.38 bits per heavy atom. The van der Waals surface area contributed by atoms with E-state index in [4.69, 9.17) is 4.74 Å². The molecule has 0 fully saturated rings. The Labute approximate surface area is 172 Å². The number of halogens is 5. The van der Waals surface area contributed by atoms with Crippen molar-refractivity contribution in [1.29, 1.82) is 0 Å². The van der Waals surface area contributed by atoms with Gasteiger partial charge >= 0.3 is 5.97 Å². The van der Waals surface area contributed by atoms with E-state index < -0.39 is 40.8 Å². The summed E-state index contributed by atoms with van der Waals surface area (Å²) in [5, 5.41) is 2.69. The Morgan fingerprint density at radius 1 is 1.14 bits per heavy atom. The van der Waals surface area contributed by atoms with Crippen LogP contribution in [0.5, 0.6) is 0 Å². The van der Waals surface area contributed by atoms with Crippen molar-refractivity contribution in [2.24, 2.45) is 4.99 Å². The lowest BCUT2D eigenvalue weighted by Gasteiger charge is -2.27. The first-order valence-electron chi connectivity index (χ1n) is 8.55. The predicted molar refractivity (Wildman–Crippen MR) is 102 cm³/mol. The second-order valence-corrected chi connectivity index (χ2v) is 7.03. The third-order valence-corrected chi connectivity index (χ3v) is 4.92. The van der Waals surface area contributed by atoms with Crippen LogP contribution in [0.25, 0.3) is 0 Å². The SMILES string of the molecule is CCOC(=O)C1=C(C)NC(c2c(F)cc(F)cc2F)=NC1c1ccc(F)cc1Br. The molecule has 0 aromatic heterocycles. The number of hydrogen-bond acceptors (Lipinski definition) is 4. The van der Waals surface area contributed by atoms with Crippen molar-refractivity contribution in [2.45, 2.75) is 19.9 Å². The number of rotatable bonds is 4. The lowest BCUT2D eigenvalue weighted by atomic mass is 9.95. The average Bonchev–Trinajstić information content (AvgIpc) is 2.60. The number of nitrogens with one attached hydrogen (secondary N) is 1. The number of hydrogen-bond donors (Lipinski definition) is 1. The number of allylic oxidation sites excluding steroid dienone is 1. The summed E-state index contributed by atoms with van der Waals surface area (Å²) in [5.74, 6) is -4.81. The highest BCUT2D eigenvalue weighted by molar-refractivity contribution is 9.10. The third kappa shape index (κ3) is 4.19. The summed E-state index contributed by atoms with van der Waals surface area (Å²) in [5.41, 5.74) is 0.163. The lowest BCUT2D eigenvalue weighted by molar-refractivity contribution is -0.138. The van der Waals surface area contributed by atoms with Crippen LogP contribution in [0, 0.1) is 23.3 Å². The highest BCUT2D eigenvalue weighted by atomic mass is 79.9. The number of ether oxygens (including phenoxy) is 1. The Morgan fingerprint density at radius 2 is 1.79 bits per heavy atom. The maximum absolute atomic E-state index is 14.3. The van der Waals surface area contributed by atoms with Crippen LogP contribution in [0.1, 0.15) is 31.0 Å². The topological polar surface area (TPSA) is 50.7 Å². The molecular formula is C20H15BrF4N2O2. The monoisotopic (exact) mass is 470 g/mol. The van der Waals surface area contributed by atoms with Gasteiger partial charge in [0, 0.05) is 22.3 Å². The van der Waals surface area contributed by atoms with Crippen molar-refractivity contribution in [2.75, 3.05) is 6.61 Å². The second kappa shape index (κ2) is 8.36. The van der Waals surface area contributed by atoms with Crippen LogP contribution in [-0.2, 0) is 9.53 Å². The van der Waals surface area contributed by atoms with Gasteiger partial charge in [-0.25, -0.2) is 22.4 Å². The minimum atomic E-state index is -1.15. The molecule has 2 aromatic carbocycles. The van der Waals surface area contributed by atoms with Gasteiger partial charge in [0.05, 0.1) is 17.7 Å². The molecule has 1 N–H and O–H groups in total. The number of esters is 1. The fourth-order valence-electron chi connectivity index (χ4n) is 2.99. The summed E-state index contributed by atoms with van der Waals surface area (Å²) in [6, 6.07) is 3.79. The zero-order valence-corrected chi connectivity index (χ0v) is 16.9. The van der Waals surface area contributed by atoms with Gasteiger partial charge in [0.15, 0.2) is 0 Å². The Balaban J connectivity index is 2.19. The van der Waals surface area contributed by atoms with Gasteiger partial charge in [-0.05, 0) is 31.5 Å². The molecule has 1 unspecified atom stereocenters. The maximum atomic E-state index is 14.3. The molecular weight excluding hydrogens is 456 g/mol. The van der Waals surface area contributed by atoms with Gasteiger partial charge in [-0.1, -0.05) is 22.0 Å². The van der Waals surface area contributed by atoms with Crippen LogP contribution >= 0.6 is 15.9 Å². The van der Waals surface area contributed by atoms with E-state index >= 15 is 0 Å². The molecule has 9 heteroatoms. The van der Waals surface area contributed by atoms with Crippen molar-refractivity contribution in [1.82, 2.24) is 5.32 Å². The van der Waals surface area contributed by atoms with Crippen LogP contribution in [0.2, 0.25) is 0 Å². The van der Waals surface area contributed by atoms with Crippen LogP contribution in [0.15, 0.2) is 51.1 Å². The molecule has 1 aliphatic rings. The van der Waals surface area contributed by atoms with E-state index in [1.54, 1.807) is 6.92 Å². The Kier molecular flexibility index (Phi) is 6.07. The van der Waals surface area contributed by atoms with E-state index in [0.29, 0.717) is 22.2 Å². The normalized spacial score (nSPS) is 16.4. The van der Waals surface area contributed by atoms with Crippen LogP contribution in [-0.4, -0.2) is 18.4 Å². The van der Waals surface area contributed by atoms with Crippen molar-refractivity contribution < 1.29 is 27.1 Å². The zero-order chi connectivity index (χ0) is 21.3. The van der Waals surface area contributed by atoms with Gasteiger partial charge < -0.3 is 10.1 Å². The standard InChI is InChI=1S/C20H15BrF4N2O2/c1-3-29-20(28)16-9(2)26-19(17-14(24)7-11(23)8-15(17)25)27-18(16)12-5-4-10(22)6-13(12)21/h4-8,18H,3H2,1-2H3,(H,26,27). The van der Waals surface area contributed by atoms with Gasteiger partial charge in [0.1, 0.15) is 35.1 Å². The summed E-state index contributed by atoms with van der Waals surface area (Å²) in [7, 11) is 0. The molecule has 0 bridgehead atoms. The molecule has 0 aliphatic carbocycles. The number of carbonyl (C=O) groups is 1. The summed E-state index contributed by atoms with van der Waals surface area (Å²) in [6.07, 6.45) is 0. The van der Waals surface area contributed by atoms with E-state index in [0.717, 1.165) is 0 Å². The molecule has 0 amide bonds. The second-order valence-electron chi connectivity index (χ2n) is 6.17. The van der Waals surface area contributed by atoms with Gasteiger partial charge in [-0.2, -0.15) is 0 Å². The molecule has 152 valence electrons. The largest absolute Gasteiger partial charge is 0.463 e. The van der Waals surface area contributed by atoms with Gasteiger partial charge in [0.2, 0.25) is 0 Å². The van der Waals surface area contributed by atoms with E-state index in [1.807, 2.05) is 0 Å². The highest BCUT2D eigenvalue weighted by Crippen LogP contribution is 2.37. The minimum Gasteiger partial charge on any atom is -0.463 e. The van der Waals surface area contributed by atoms with Crippen molar-refractivity contribution in [3.8, 4) is 0 Å². The molecule has 0 radical (unpaired) electrons. The van der Waals surface area contributed by atoms with Crippen LogP contribution in [0.4, 0.5) is 17.6 Å². The van der Waals surface area contributed by atoms with Gasteiger partial charge in [-0.15, -0.1) is 0 Å². The fourth-order valence-corrected chi connectivity index (χ4v) is 3.56. The number of aliphatic imine (C=N–C) groups is 1. The number of nitrogens with zero attached hydrogens (tertiary/aromatic N) is 1. The summed E-state index contributed by atoms with van der Waals surface area (Å²) in [4.78, 5) is 16.8. The number of benzene rings is 2. The molecule has 0 saturated carbocycles. The first-order valence-corrected chi connectivity index (χ1v) is 9.34. The maximum Gasteiger partial charge on any atom is 0.338 e. The number of amidine groups is 1. The van der Waals surface area contributed by atoms with E-state index in [2.05, 4.69) is 26.2 Å². The molecule has 0 spiro atoms. The van der Waals surface area contributed by atoms with Gasteiger partial charge in [0.25, 0.3) is 0 Å².